The molecule has 0 bridgehead atoms. The molecule has 3 aromatic rings. The molecule has 1 N–H and O–H groups in total. The highest BCUT2D eigenvalue weighted by atomic mass is 127. The number of anilines is 1. The Balaban J connectivity index is 1.46. The van der Waals surface area contributed by atoms with Gasteiger partial charge in [0.15, 0.2) is 18.1 Å². The Morgan fingerprint density at radius 2 is 1.89 bits per heavy atom. The van der Waals surface area contributed by atoms with Crippen LogP contribution in [0, 0.1) is 10.5 Å². The SMILES string of the molecule is COc1cc(/C=C2\SC(=O)N(Cc3ccc(I)cc3)C2=O)cc(Cl)c1OCC(=O)Nc1cccc(C)c1. The van der Waals surface area contributed by atoms with Crippen molar-refractivity contribution >= 4 is 74.8 Å². The summed E-state index contributed by atoms with van der Waals surface area (Å²) in [6, 6.07) is 18.3. The van der Waals surface area contributed by atoms with Gasteiger partial charge in [-0.05, 0) is 100 Å². The van der Waals surface area contributed by atoms with Crippen molar-refractivity contribution in [2.75, 3.05) is 19.0 Å². The number of ether oxygens (including phenoxy) is 2. The van der Waals surface area contributed by atoms with Crippen LogP contribution < -0.4 is 14.8 Å². The van der Waals surface area contributed by atoms with Crippen LogP contribution in [0.5, 0.6) is 11.5 Å². The fourth-order valence-corrected chi connectivity index (χ4v) is 5.05. The van der Waals surface area contributed by atoms with E-state index in [1.54, 1.807) is 24.3 Å². The summed E-state index contributed by atoms with van der Waals surface area (Å²) in [5, 5.41) is 2.63. The third-order valence-corrected chi connectivity index (χ3v) is 7.23. The summed E-state index contributed by atoms with van der Waals surface area (Å²) < 4.78 is 12.1. The van der Waals surface area contributed by atoms with E-state index in [1.165, 1.54) is 12.0 Å². The second-order valence-electron chi connectivity index (χ2n) is 8.13. The maximum atomic E-state index is 12.9. The quantitative estimate of drug-likeness (QED) is 0.221. The molecule has 7 nitrogen and oxygen atoms in total. The Labute approximate surface area is 237 Å². The fourth-order valence-electron chi connectivity index (χ4n) is 3.58. The minimum atomic E-state index is -0.378. The van der Waals surface area contributed by atoms with E-state index in [4.69, 9.17) is 21.1 Å². The molecule has 0 atom stereocenters. The maximum absolute atomic E-state index is 12.9. The molecule has 37 heavy (non-hydrogen) atoms. The standard InChI is InChI=1S/C27H22ClIN2O5S/c1-16-4-3-5-20(10-16)30-24(32)15-36-25-21(28)11-18(12-22(25)35-2)13-23-26(33)31(27(34)37-23)14-17-6-8-19(29)9-7-17/h3-13H,14-15H2,1-2H3,(H,30,32)/b23-13-. The highest BCUT2D eigenvalue weighted by Crippen LogP contribution is 2.39. The van der Waals surface area contributed by atoms with Crippen LogP contribution in [0.2, 0.25) is 5.02 Å². The first-order valence-corrected chi connectivity index (χ1v) is 13.4. The first kappa shape index (κ1) is 27.0. The first-order valence-electron chi connectivity index (χ1n) is 11.1. The summed E-state index contributed by atoms with van der Waals surface area (Å²) in [5.74, 6) is -0.237. The molecule has 10 heteroatoms. The van der Waals surface area contributed by atoms with Crippen LogP contribution in [-0.4, -0.2) is 35.7 Å². The van der Waals surface area contributed by atoms with E-state index < -0.39 is 0 Å². The summed E-state index contributed by atoms with van der Waals surface area (Å²) in [7, 11) is 1.45. The van der Waals surface area contributed by atoms with Gasteiger partial charge in [-0.15, -0.1) is 0 Å². The number of amides is 3. The van der Waals surface area contributed by atoms with Crippen LogP contribution in [0.3, 0.4) is 0 Å². The number of hydrogen-bond acceptors (Lipinski definition) is 6. The average molecular weight is 649 g/mol. The third kappa shape index (κ3) is 6.85. The van der Waals surface area contributed by atoms with Gasteiger partial charge in [-0.3, -0.25) is 19.3 Å². The van der Waals surface area contributed by atoms with Crippen LogP contribution in [0.1, 0.15) is 16.7 Å². The van der Waals surface area contributed by atoms with Gasteiger partial charge < -0.3 is 14.8 Å². The molecular formula is C27H22ClIN2O5S. The van der Waals surface area contributed by atoms with Crippen molar-refractivity contribution in [1.29, 1.82) is 0 Å². The van der Waals surface area contributed by atoms with Crippen molar-refractivity contribution in [3.05, 3.63) is 90.9 Å². The highest BCUT2D eigenvalue weighted by molar-refractivity contribution is 14.1. The number of methoxy groups -OCH3 is 1. The van der Waals surface area contributed by atoms with Crippen molar-refractivity contribution in [2.24, 2.45) is 0 Å². The van der Waals surface area contributed by atoms with E-state index in [2.05, 4.69) is 27.9 Å². The Bertz CT molecular complexity index is 1390. The predicted octanol–water partition coefficient (Wildman–Crippen LogP) is 6.52. The zero-order valence-corrected chi connectivity index (χ0v) is 23.6. The summed E-state index contributed by atoms with van der Waals surface area (Å²) in [6.45, 7) is 1.85. The predicted molar refractivity (Wildman–Crippen MR) is 154 cm³/mol. The molecule has 1 aliphatic rings. The largest absolute Gasteiger partial charge is 0.493 e. The summed E-state index contributed by atoms with van der Waals surface area (Å²) in [4.78, 5) is 39.3. The maximum Gasteiger partial charge on any atom is 0.293 e. The van der Waals surface area contributed by atoms with Crippen molar-refractivity contribution < 1.29 is 23.9 Å². The molecular weight excluding hydrogens is 627 g/mol. The lowest BCUT2D eigenvalue weighted by atomic mass is 10.1. The van der Waals surface area contributed by atoms with Crippen LogP contribution in [-0.2, 0) is 16.1 Å². The lowest BCUT2D eigenvalue weighted by Gasteiger charge is -2.14. The Morgan fingerprint density at radius 1 is 1.14 bits per heavy atom. The van der Waals surface area contributed by atoms with Crippen LogP contribution in [0.25, 0.3) is 6.08 Å². The van der Waals surface area contributed by atoms with E-state index in [1.807, 2.05) is 49.4 Å². The number of carbonyl (C=O) groups is 3. The summed E-state index contributed by atoms with van der Waals surface area (Å²) in [6.07, 6.45) is 1.58. The number of thioether (sulfide) groups is 1. The monoisotopic (exact) mass is 648 g/mol. The number of nitrogens with one attached hydrogen (secondary N) is 1. The number of benzene rings is 3. The molecule has 1 saturated heterocycles. The minimum absolute atomic E-state index is 0.195. The Kier molecular flexibility index (Phi) is 8.78. The average Bonchev–Trinajstić information content (AvgIpc) is 3.11. The van der Waals surface area contributed by atoms with Gasteiger partial charge in [-0.2, -0.15) is 0 Å². The second-order valence-corrected chi connectivity index (χ2v) is 10.8. The molecule has 1 aliphatic heterocycles. The molecule has 1 fully saturated rings. The molecule has 0 spiro atoms. The van der Waals surface area contributed by atoms with Gasteiger partial charge in [0.2, 0.25) is 0 Å². The molecule has 0 radical (unpaired) electrons. The smallest absolute Gasteiger partial charge is 0.293 e. The van der Waals surface area contributed by atoms with Crippen LogP contribution in [0.4, 0.5) is 10.5 Å². The first-order chi connectivity index (χ1) is 17.7. The Hall–Kier alpha value is -3.02. The zero-order chi connectivity index (χ0) is 26.5. The molecule has 0 aromatic heterocycles. The second kappa shape index (κ2) is 12.0. The van der Waals surface area contributed by atoms with Gasteiger partial charge in [0.1, 0.15) is 0 Å². The van der Waals surface area contributed by atoms with Gasteiger partial charge in [-0.25, -0.2) is 0 Å². The molecule has 3 amide bonds. The van der Waals surface area contributed by atoms with Gasteiger partial charge >= 0.3 is 0 Å². The third-order valence-electron chi connectivity index (χ3n) is 5.33. The van der Waals surface area contributed by atoms with Gasteiger partial charge in [0.25, 0.3) is 17.1 Å². The number of hydrogen-bond donors (Lipinski definition) is 1. The van der Waals surface area contributed by atoms with Crippen molar-refractivity contribution in [1.82, 2.24) is 4.90 Å². The zero-order valence-electron chi connectivity index (χ0n) is 19.9. The molecule has 0 aliphatic carbocycles. The number of nitrogens with zero attached hydrogens (tertiary/aromatic N) is 1. The molecule has 4 rings (SSSR count). The number of carbonyl (C=O) groups excluding carboxylic acids is 3. The molecule has 1 heterocycles. The van der Waals surface area contributed by atoms with E-state index in [0.29, 0.717) is 17.0 Å². The lowest BCUT2D eigenvalue weighted by Crippen LogP contribution is -2.27. The van der Waals surface area contributed by atoms with Gasteiger partial charge in [0.05, 0.1) is 23.6 Å². The van der Waals surface area contributed by atoms with Crippen molar-refractivity contribution in [2.45, 2.75) is 13.5 Å². The summed E-state index contributed by atoms with van der Waals surface area (Å²) >= 11 is 9.51. The lowest BCUT2D eigenvalue weighted by molar-refractivity contribution is -0.123. The van der Waals surface area contributed by atoms with E-state index in [-0.39, 0.29) is 45.9 Å². The Morgan fingerprint density at radius 3 is 2.59 bits per heavy atom. The number of imide groups is 1. The summed E-state index contributed by atoms with van der Waals surface area (Å²) in [5.41, 5.74) is 3.10. The number of halogens is 2. The van der Waals surface area contributed by atoms with E-state index in [9.17, 15) is 14.4 Å². The van der Waals surface area contributed by atoms with Gasteiger partial charge in [-0.1, -0.05) is 35.9 Å². The van der Waals surface area contributed by atoms with Crippen molar-refractivity contribution in [3.8, 4) is 11.5 Å². The molecule has 3 aromatic carbocycles. The van der Waals surface area contributed by atoms with Crippen molar-refractivity contribution in [3.63, 3.8) is 0 Å². The molecule has 0 saturated carbocycles. The molecule has 0 unspecified atom stereocenters. The van der Waals surface area contributed by atoms with Gasteiger partial charge in [0, 0.05) is 9.26 Å². The molecule has 190 valence electrons. The highest BCUT2D eigenvalue weighted by Gasteiger charge is 2.35. The van der Waals surface area contributed by atoms with Crippen LogP contribution >= 0.6 is 46.0 Å². The normalized spacial score (nSPS) is 14.3. The minimum Gasteiger partial charge on any atom is -0.493 e. The van der Waals surface area contributed by atoms with E-state index >= 15 is 0 Å². The number of rotatable bonds is 8. The van der Waals surface area contributed by atoms with E-state index in [0.717, 1.165) is 26.5 Å². The number of aryl methyl sites for hydroxylation is 1. The fraction of sp³-hybridized carbons (Fsp3) is 0.148. The topological polar surface area (TPSA) is 84.9 Å². The van der Waals surface area contributed by atoms with Crippen LogP contribution in [0.15, 0.2) is 65.6 Å².